The third-order valence-corrected chi connectivity index (χ3v) is 5.36. The van der Waals surface area contributed by atoms with Crippen LogP contribution in [0.1, 0.15) is 24.1 Å². The van der Waals surface area contributed by atoms with Crippen molar-refractivity contribution in [3.63, 3.8) is 0 Å². The van der Waals surface area contributed by atoms with Gasteiger partial charge in [0.25, 0.3) is 0 Å². The summed E-state index contributed by atoms with van der Waals surface area (Å²) in [5.74, 6) is 1.25. The molecule has 2 aromatic rings. The number of nitrogens with zero attached hydrogens (tertiary/aromatic N) is 1. The lowest BCUT2D eigenvalue weighted by atomic mass is 10.1. The lowest BCUT2D eigenvalue weighted by Crippen LogP contribution is -2.36. The number of rotatable bonds is 9. The predicted octanol–water partition coefficient (Wildman–Crippen LogP) is 1.66. The second-order valence-electron chi connectivity index (χ2n) is 6.75. The van der Waals surface area contributed by atoms with Crippen molar-refractivity contribution in [2.75, 3.05) is 27.8 Å². The fourth-order valence-corrected chi connectivity index (χ4v) is 3.41. The summed E-state index contributed by atoms with van der Waals surface area (Å²) < 4.78 is 33.2. The summed E-state index contributed by atoms with van der Waals surface area (Å²) in [6.07, 6.45) is 0. The van der Waals surface area contributed by atoms with Crippen LogP contribution in [0.25, 0.3) is 0 Å². The van der Waals surface area contributed by atoms with Gasteiger partial charge >= 0.3 is 0 Å². The maximum atomic E-state index is 12.4. The average molecular weight is 422 g/mol. The normalized spacial score (nSPS) is 12.5. The Morgan fingerprint density at radius 2 is 1.79 bits per heavy atom. The van der Waals surface area contributed by atoms with E-state index in [9.17, 15) is 13.2 Å². The molecule has 1 atom stereocenters. The van der Waals surface area contributed by atoms with E-state index in [1.165, 1.54) is 12.1 Å². The van der Waals surface area contributed by atoms with Crippen LogP contribution in [0.4, 0.5) is 0 Å². The number of benzene rings is 2. The summed E-state index contributed by atoms with van der Waals surface area (Å²) in [4.78, 5) is 14.3. The molecule has 0 spiro atoms. The van der Waals surface area contributed by atoms with Gasteiger partial charge in [0, 0.05) is 18.2 Å². The standard InChI is InChI=1S/C20H27N3O5S/c1-14(15-6-9-18(10-7-15)29(21,25)26)22-20(24)13-23(2)12-16-5-8-17(27-3)11-19(16)28-4/h5-11,14H,12-13H2,1-4H3,(H,22,24)(H2,21,25,26)/t14-/m0/s1. The highest BCUT2D eigenvalue weighted by Crippen LogP contribution is 2.25. The molecular weight excluding hydrogens is 394 g/mol. The number of hydrogen-bond donors (Lipinski definition) is 2. The molecule has 0 bridgehead atoms. The van der Waals surface area contributed by atoms with E-state index in [2.05, 4.69) is 5.32 Å². The molecule has 0 saturated heterocycles. The van der Waals surface area contributed by atoms with E-state index in [1.54, 1.807) is 32.4 Å². The largest absolute Gasteiger partial charge is 0.497 e. The summed E-state index contributed by atoms with van der Waals surface area (Å²) in [7, 11) is 1.29. The molecule has 1 amide bonds. The first-order valence-corrected chi connectivity index (χ1v) is 10.5. The van der Waals surface area contributed by atoms with Crippen molar-refractivity contribution in [1.82, 2.24) is 10.2 Å². The molecule has 2 rings (SSSR count). The van der Waals surface area contributed by atoms with E-state index in [-0.39, 0.29) is 23.4 Å². The van der Waals surface area contributed by atoms with Crippen LogP contribution < -0.4 is 19.9 Å². The fourth-order valence-electron chi connectivity index (χ4n) is 2.89. The van der Waals surface area contributed by atoms with Crippen LogP contribution in [0.15, 0.2) is 47.4 Å². The molecule has 9 heteroatoms. The minimum atomic E-state index is -3.74. The molecule has 158 valence electrons. The molecule has 0 aromatic heterocycles. The van der Waals surface area contributed by atoms with E-state index in [0.29, 0.717) is 18.0 Å². The Hall–Kier alpha value is -2.62. The predicted molar refractivity (Wildman–Crippen MR) is 110 cm³/mol. The Balaban J connectivity index is 1.94. The molecule has 0 radical (unpaired) electrons. The lowest BCUT2D eigenvalue weighted by molar-refractivity contribution is -0.122. The highest BCUT2D eigenvalue weighted by molar-refractivity contribution is 7.89. The summed E-state index contributed by atoms with van der Waals surface area (Å²) in [5, 5.41) is 8.01. The molecule has 29 heavy (non-hydrogen) atoms. The minimum Gasteiger partial charge on any atom is -0.497 e. The van der Waals surface area contributed by atoms with E-state index < -0.39 is 10.0 Å². The summed E-state index contributed by atoms with van der Waals surface area (Å²) in [6, 6.07) is 11.4. The first kappa shape index (κ1) is 22.7. The maximum absolute atomic E-state index is 12.4. The van der Waals surface area contributed by atoms with E-state index in [0.717, 1.165) is 11.1 Å². The Labute approximate surface area is 171 Å². The second kappa shape index (κ2) is 9.73. The maximum Gasteiger partial charge on any atom is 0.238 e. The Bertz CT molecular complexity index is 945. The monoisotopic (exact) mass is 421 g/mol. The number of nitrogens with one attached hydrogen (secondary N) is 1. The Kier molecular flexibility index (Phi) is 7.60. The van der Waals surface area contributed by atoms with Crippen molar-refractivity contribution in [3.8, 4) is 11.5 Å². The van der Waals surface area contributed by atoms with Gasteiger partial charge in [0.2, 0.25) is 15.9 Å². The molecule has 0 heterocycles. The first-order chi connectivity index (χ1) is 13.6. The van der Waals surface area contributed by atoms with Crippen LogP contribution >= 0.6 is 0 Å². The SMILES string of the molecule is COc1ccc(CN(C)CC(=O)N[C@@H](C)c2ccc(S(N)(=O)=O)cc2)c(OC)c1. The van der Waals surface area contributed by atoms with Crippen LogP contribution in [0.3, 0.4) is 0 Å². The molecular formula is C20H27N3O5S. The van der Waals surface area contributed by atoms with E-state index >= 15 is 0 Å². The zero-order valence-corrected chi connectivity index (χ0v) is 17.8. The minimum absolute atomic E-state index is 0.0351. The summed E-state index contributed by atoms with van der Waals surface area (Å²) >= 11 is 0. The highest BCUT2D eigenvalue weighted by Gasteiger charge is 2.15. The molecule has 0 fully saturated rings. The van der Waals surface area contributed by atoms with E-state index in [4.69, 9.17) is 14.6 Å². The number of amides is 1. The number of ether oxygens (including phenoxy) is 2. The number of sulfonamides is 1. The van der Waals surface area contributed by atoms with Gasteiger partial charge in [-0.25, -0.2) is 13.6 Å². The fraction of sp³-hybridized carbons (Fsp3) is 0.350. The second-order valence-corrected chi connectivity index (χ2v) is 8.31. The molecule has 0 saturated carbocycles. The van der Waals surface area contributed by atoms with Crippen molar-refractivity contribution in [2.24, 2.45) is 5.14 Å². The molecule has 8 nitrogen and oxygen atoms in total. The zero-order valence-electron chi connectivity index (χ0n) is 17.0. The summed E-state index contributed by atoms with van der Waals surface area (Å²) in [5.41, 5.74) is 1.72. The Morgan fingerprint density at radius 3 is 2.34 bits per heavy atom. The highest BCUT2D eigenvalue weighted by atomic mass is 32.2. The quantitative estimate of drug-likeness (QED) is 0.637. The van der Waals surface area contributed by atoms with Gasteiger partial charge in [0.15, 0.2) is 0 Å². The van der Waals surface area contributed by atoms with Gasteiger partial charge in [-0.3, -0.25) is 9.69 Å². The lowest BCUT2D eigenvalue weighted by Gasteiger charge is -2.20. The van der Waals surface area contributed by atoms with Crippen LogP contribution in [0, 0.1) is 0 Å². The number of methoxy groups -OCH3 is 2. The van der Waals surface area contributed by atoms with Crippen LogP contribution in [-0.4, -0.2) is 47.0 Å². The van der Waals surface area contributed by atoms with Crippen molar-refractivity contribution < 1.29 is 22.7 Å². The number of carbonyl (C=O) groups is 1. The van der Waals surface area contributed by atoms with Crippen LogP contribution in [0.2, 0.25) is 0 Å². The van der Waals surface area contributed by atoms with Crippen molar-refractivity contribution >= 4 is 15.9 Å². The van der Waals surface area contributed by atoms with Gasteiger partial charge in [-0.15, -0.1) is 0 Å². The van der Waals surface area contributed by atoms with Crippen LogP contribution in [-0.2, 0) is 21.4 Å². The van der Waals surface area contributed by atoms with Crippen LogP contribution in [0.5, 0.6) is 11.5 Å². The third kappa shape index (κ3) is 6.45. The molecule has 3 N–H and O–H groups in total. The van der Waals surface area contributed by atoms with Gasteiger partial charge in [0.05, 0.1) is 31.7 Å². The third-order valence-electron chi connectivity index (χ3n) is 4.43. The number of hydrogen-bond acceptors (Lipinski definition) is 6. The van der Waals surface area contributed by atoms with E-state index in [1.807, 2.05) is 31.0 Å². The molecule has 0 unspecified atom stereocenters. The average Bonchev–Trinajstić information content (AvgIpc) is 2.67. The van der Waals surface area contributed by atoms with Gasteiger partial charge in [-0.2, -0.15) is 0 Å². The molecule has 0 aliphatic carbocycles. The molecule has 0 aliphatic rings. The zero-order chi connectivity index (χ0) is 21.6. The first-order valence-electron chi connectivity index (χ1n) is 8.95. The van der Waals surface area contributed by atoms with Gasteiger partial charge in [-0.1, -0.05) is 18.2 Å². The number of nitrogens with two attached hydrogens (primary N) is 1. The number of carbonyl (C=O) groups excluding carboxylic acids is 1. The number of likely N-dealkylation sites (N-methyl/N-ethyl adjacent to an activating group) is 1. The van der Waals surface area contributed by atoms with Gasteiger partial charge in [0.1, 0.15) is 11.5 Å². The van der Waals surface area contributed by atoms with Gasteiger partial charge in [-0.05, 0) is 37.7 Å². The smallest absolute Gasteiger partial charge is 0.238 e. The van der Waals surface area contributed by atoms with Crippen molar-refractivity contribution in [2.45, 2.75) is 24.4 Å². The van der Waals surface area contributed by atoms with Crippen molar-refractivity contribution in [1.29, 1.82) is 0 Å². The number of primary sulfonamides is 1. The van der Waals surface area contributed by atoms with Crippen molar-refractivity contribution in [3.05, 3.63) is 53.6 Å². The Morgan fingerprint density at radius 1 is 1.14 bits per heavy atom. The molecule has 2 aromatic carbocycles. The summed E-state index contributed by atoms with van der Waals surface area (Å²) in [6.45, 7) is 2.54. The van der Waals surface area contributed by atoms with Gasteiger partial charge < -0.3 is 14.8 Å². The topological polar surface area (TPSA) is 111 Å². The molecule has 0 aliphatic heterocycles.